The molecule has 0 radical (unpaired) electrons. The maximum atomic E-state index is 12.2. The van der Waals surface area contributed by atoms with Crippen molar-refractivity contribution in [3.63, 3.8) is 0 Å². The molecule has 1 atom stereocenters. The lowest BCUT2D eigenvalue weighted by Gasteiger charge is -2.31. The average Bonchev–Trinajstić information content (AvgIpc) is 3.11. The molecule has 2 aliphatic heterocycles. The van der Waals surface area contributed by atoms with E-state index in [0.29, 0.717) is 6.54 Å². The number of likely N-dealkylation sites (tertiary alicyclic amines) is 1. The molecule has 124 valence electrons. The summed E-state index contributed by atoms with van der Waals surface area (Å²) in [6.07, 6.45) is 1.01. The molecule has 1 aromatic heterocycles. The molecule has 0 aliphatic carbocycles. The maximum absolute atomic E-state index is 12.2. The molecule has 7 nitrogen and oxygen atoms in total. The Bertz CT molecular complexity index is 786. The molecule has 0 spiro atoms. The Morgan fingerprint density at radius 2 is 1.92 bits per heavy atom. The van der Waals surface area contributed by atoms with Crippen molar-refractivity contribution >= 4 is 11.8 Å². The molecule has 1 unspecified atom stereocenters. The molecular formula is C17H19N5O2. The molecule has 1 saturated heterocycles. The van der Waals surface area contributed by atoms with Crippen LogP contribution in [-0.2, 0) is 29.1 Å². The minimum Gasteiger partial charge on any atom is -0.312 e. The van der Waals surface area contributed by atoms with E-state index in [0.717, 1.165) is 31.2 Å². The fraction of sp³-hybridized carbons (Fsp3) is 0.412. The van der Waals surface area contributed by atoms with E-state index in [1.165, 1.54) is 10.5 Å². The number of aromatic nitrogens is 3. The number of hydrogen-bond donors (Lipinski definition) is 0. The number of nitrogens with zero attached hydrogens (tertiary/aromatic N) is 5. The van der Waals surface area contributed by atoms with Crippen molar-refractivity contribution < 1.29 is 9.59 Å². The summed E-state index contributed by atoms with van der Waals surface area (Å²) in [7, 11) is 1.55. The summed E-state index contributed by atoms with van der Waals surface area (Å²) in [5, 5.41) is 8.63. The van der Waals surface area contributed by atoms with Gasteiger partial charge in [0.05, 0.1) is 19.0 Å². The maximum Gasteiger partial charge on any atom is 0.246 e. The van der Waals surface area contributed by atoms with Gasteiger partial charge in [0, 0.05) is 26.6 Å². The van der Waals surface area contributed by atoms with E-state index in [1.807, 2.05) is 23.1 Å². The number of amides is 2. The second kappa shape index (κ2) is 5.83. The third-order valence-corrected chi connectivity index (χ3v) is 4.86. The van der Waals surface area contributed by atoms with Crippen LogP contribution in [0.25, 0.3) is 0 Å². The summed E-state index contributed by atoms with van der Waals surface area (Å²) in [5.74, 6) is 1.59. The van der Waals surface area contributed by atoms with E-state index in [1.54, 1.807) is 7.05 Å². The lowest BCUT2D eigenvalue weighted by Crippen LogP contribution is -2.45. The van der Waals surface area contributed by atoms with Crippen molar-refractivity contribution in [3.05, 3.63) is 47.5 Å². The second-order valence-electron chi connectivity index (χ2n) is 6.33. The van der Waals surface area contributed by atoms with Gasteiger partial charge in [-0.3, -0.25) is 19.4 Å². The van der Waals surface area contributed by atoms with Crippen molar-refractivity contribution in [1.82, 2.24) is 24.6 Å². The summed E-state index contributed by atoms with van der Waals surface area (Å²) in [4.78, 5) is 27.2. The molecule has 4 rings (SSSR count). The van der Waals surface area contributed by atoms with Crippen LogP contribution in [0.5, 0.6) is 0 Å². The molecule has 1 aromatic carbocycles. The minimum atomic E-state index is -0.356. The van der Waals surface area contributed by atoms with Gasteiger partial charge in [-0.1, -0.05) is 30.3 Å². The molecule has 0 bridgehead atoms. The Kier molecular flexibility index (Phi) is 3.65. The van der Waals surface area contributed by atoms with Crippen LogP contribution in [-0.4, -0.2) is 56.0 Å². The van der Waals surface area contributed by atoms with Gasteiger partial charge in [0.2, 0.25) is 11.8 Å². The van der Waals surface area contributed by atoms with E-state index in [9.17, 15) is 9.59 Å². The van der Waals surface area contributed by atoms with Crippen LogP contribution in [0.4, 0.5) is 0 Å². The predicted octanol–water partition coefficient (Wildman–Crippen LogP) is 0.442. The first kappa shape index (κ1) is 15.0. The first-order valence-electron chi connectivity index (χ1n) is 8.13. The number of carbonyl (C=O) groups excluding carboxylic acids is 2. The van der Waals surface area contributed by atoms with Crippen LogP contribution < -0.4 is 0 Å². The van der Waals surface area contributed by atoms with Crippen LogP contribution in [0.1, 0.15) is 23.6 Å². The van der Waals surface area contributed by atoms with Gasteiger partial charge in [0.1, 0.15) is 11.6 Å². The number of imide groups is 1. The van der Waals surface area contributed by atoms with E-state index in [2.05, 4.69) is 26.9 Å². The fourth-order valence-electron chi connectivity index (χ4n) is 3.43. The zero-order valence-electron chi connectivity index (χ0n) is 13.6. The first-order valence-corrected chi connectivity index (χ1v) is 8.13. The minimum absolute atomic E-state index is 0.109. The summed E-state index contributed by atoms with van der Waals surface area (Å²) in [6, 6.07) is 9.83. The number of fused-ring (bicyclic) bond motifs is 1. The Hall–Kier alpha value is -2.54. The topological polar surface area (TPSA) is 71.3 Å². The van der Waals surface area contributed by atoms with E-state index in [-0.39, 0.29) is 24.3 Å². The van der Waals surface area contributed by atoms with E-state index < -0.39 is 0 Å². The van der Waals surface area contributed by atoms with Gasteiger partial charge in [-0.25, -0.2) is 0 Å². The normalized spacial score (nSPS) is 21.4. The number of carbonyl (C=O) groups is 2. The van der Waals surface area contributed by atoms with Gasteiger partial charge in [0.25, 0.3) is 0 Å². The van der Waals surface area contributed by atoms with Gasteiger partial charge < -0.3 is 4.57 Å². The molecule has 2 aromatic rings. The van der Waals surface area contributed by atoms with Crippen molar-refractivity contribution in [2.75, 3.05) is 13.6 Å². The summed E-state index contributed by atoms with van der Waals surface area (Å²) in [5.41, 5.74) is 1.20. The zero-order chi connectivity index (χ0) is 16.7. The Morgan fingerprint density at radius 1 is 1.12 bits per heavy atom. The first-order chi connectivity index (χ1) is 11.6. The van der Waals surface area contributed by atoms with Gasteiger partial charge in [-0.15, -0.1) is 10.2 Å². The van der Waals surface area contributed by atoms with Gasteiger partial charge >= 0.3 is 0 Å². The van der Waals surface area contributed by atoms with Crippen molar-refractivity contribution in [2.24, 2.45) is 0 Å². The molecule has 2 aliphatic rings. The molecule has 0 N–H and O–H groups in total. The number of likely N-dealkylation sites (N-methyl/N-ethyl adjacent to an activating group) is 1. The zero-order valence-corrected chi connectivity index (χ0v) is 13.6. The van der Waals surface area contributed by atoms with E-state index >= 15 is 0 Å². The fourth-order valence-corrected chi connectivity index (χ4v) is 3.43. The summed E-state index contributed by atoms with van der Waals surface area (Å²) >= 11 is 0. The van der Waals surface area contributed by atoms with Crippen LogP contribution >= 0.6 is 0 Å². The Balaban J connectivity index is 1.51. The highest BCUT2D eigenvalue weighted by Gasteiger charge is 2.41. The standard InChI is InChI=1S/C17H19N5O2/c1-20-16(23)10-13(17(20)24)21-7-8-22-14(18-19-15(22)11-21)9-12-5-3-2-4-6-12/h2-6,13H,7-11H2,1H3. The lowest BCUT2D eigenvalue weighted by atomic mass is 10.1. The quantitative estimate of drug-likeness (QED) is 0.766. The van der Waals surface area contributed by atoms with E-state index in [4.69, 9.17) is 0 Å². The number of benzene rings is 1. The summed E-state index contributed by atoms with van der Waals surface area (Å²) < 4.78 is 2.13. The molecule has 0 saturated carbocycles. The molecule has 7 heteroatoms. The number of hydrogen-bond acceptors (Lipinski definition) is 5. The van der Waals surface area contributed by atoms with Crippen LogP contribution in [0, 0.1) is 0 Å². The number of rotatable bonds is 3. The van der Waals surface area contributed by atoms with Crippen molar-refractivity contribution in [1.29, 1.82) is 0 Å². The SMILES string of the molecule is CN1C(=O)CC(N2CCn3c(Cc4ccccc4)nnc3C2)C1=O. The van der Waals surface area contributed by atoms with Gasteiger partial charge in [-0.2, -0.15) is 0 Å². The molecular weight excluding hydrogens is 306 g/mol. The third kappa shape index (κ3) is 2.50. The molecule has 2 amide bonds. The molecule has 3 heterocycles. The predicted molar refractivity (Wildman–Crippen MR) is 85.9 cm³/mol. The van der Waals surface area contributed by atoms with Crippen molar-refractivity contribution in [2.45, 2.75) is 32.0 Å². The average molecular weight is 325 g/mol. The Labute approximate surface area is 139 Å². The van der Waals surface area contributed by atoms with Gasteiger partial charge in [-0.05, 0) is 5.56 Å². The third-order valence-electron chi connectivity index (χ3n) is 4.86. The highest BCUT2D eigenvalue weighted by Crippen LogP contribution is 2.23. The monoisotopic (exact) mass is 325 g/mol. The van der Waals surface area contributed by atoms with Crippen LogP contribution in [0.3, 0.4) is 0 Å². The highest BCUT2D eigenvalue weighted by molar-refractivity contribution is 6.05. The lowest BCUT2D eigenvalue weighted by molar-refractivity contribution is -0.138. The molecule has 24 heavy (non-hydrogen) atoms. The van der Waals surface area contributed by atoms with Crippen molar-refractivity contribution in [3.8, 4) is 0 Å². The largest absolute Gasteiger partial charge is 0.312 e. The smallest absolute Gasteiger partial charge is 0.246 e. The highest BCUT2D eigenvalue weighted by atomic mass is 16.2. The molecule has 1 fully saturated rings. The van der Waals surface area contributed by atoms with Gasteiger partial charge in [0.15, 0.2) is 0 Å². The Morgan fingerprint density at radius 3 is 2.62 bits per heavy atom. The summed E-state index contributed by atoms with van der Waals surface area (Å²) in [6.45, 7) is 2.02. The van der Waals surface area contributed by atoms with Crippen LogP contribution in [0.2, 0.25) is 0 Å². The second-order valence-corrected chi connectivity index (χ2v) is 6.33. The van der Waals surface area contributed by atoms with Crippen LogP contribution in [0.15, 0.2) is 30.3 Å².